The van der Waals surface area contributed by atoms with Gasteiger partial charge in [-0.15, -0.1) is 11.8 Å². The molecular formula is C38H32ClN3O4S. The highest BCUT2D eigenvalue weighted by Gasteiger charge is 2.23. The van der Waals surface area contributed by atoms with Crippen LogP contribution in [0.5, 0.6) is 5.75 Å². The van der Waals surface area contributed by atoms with E-state index in [1.165, 1.54) is 11.8 Å². The molecule has 1 atom stereocenters. The minimum Gasteiger partial charge on any atom is -0.493 e. The number of thioether (sulfide) groups is 1. The Hall–Kier alpha value is -5.31. The number of ether oxygens (including phenoxy) is 1. The molecule has 5 rings (SSSR count). The minimum atomic E-state index is -0.600. The minimum absolute atomic E-state index is 0.0344. The Morgan fingerprint density at radius 2 is 1.43 bits per heavy atom. The molecule has 0 radical (unpaired) electrons. The van der Waals surface area contributed by atoms with Gasteiger partial charge in [-0.25, -0.2) is 0 Å². The average Bonchev–Trinajstić information content (AvgIpc) is 3.08. The molecule has 236 valence electrons. The van der Waals surface area contributed by atoms with Gasteiger partial charge in [0.05, 0.1) is 6.61 Å². The van der Waals surface area contributed by atoms with Crippen LogP contribution >= 0.6 is 23.4 Å². The first-order valence-corrected chi connectivity index (χ1v) is 16.1. The molecule has 3 amide bonds. The van der Waals surface area contributed by atoms with Crippen LogP contribution in [-0.4, -0.2) is 24.3 Å². The number of benzene rings is 5. The Kier molecular flexibility index (Phi) is 11.5. The molecule has 0 aliphatic heterocycles. The number of hydrogen-bond acceptors (Lipinski definition) is 5. The zero-order chi connectivity index (χ0) is 33.0. The maximum absolute atomic E-state index is 13.7. The van der Waals surface area contributed by atoms with Crippen LogP contribution in [-0.2, 0) is 9.59 Å². The summed E-state index contributed by atoms with van der Waals surface area (Å²) in [4.78, 5) is 41.1. The van der Waals surface area contributed by atoms with Gasteiger partial charge in [-0.05, 0) is 73.2 Å². The van der Waals surface area contributed by atoms with Gasteiger partial charge >= 0.3 is 0 Å². The van der Waals surface area contributed by atoms with E-state index >= 15 is 0 Å². The van der Waals surface area contributed by atoms with Crippen LogP contribution in [0.25, 0.3) is 6.08 Å². The van der Waals surface area contributed by atoms with E-state index in [0.29, 0.717) is 39.9 Å². The third-order valence-corrected chi connectivity index (χ3v) is 8.31. The molecule has 5 aromatic carbocycles. The molecule has 0 saturated heterocycles. The molecule has 0 heterocycles. The Morgan fingerprint density at radius 3 is 2.15 bits per heavy atom. The van der Waals surface area contributed by atoms with Gasteiger partial charge < -0.3 is 20.7 Å². The summed E-state index contributed by atoms with van der Waals surface area (Å²) in [7, 11) is 0. The summed E-state index contributed by atoms with van der Waals surface area (Å²) in [6.45, 7) is 2.31. The quantitative estimate of drug-likeness (QED) is 0.0919. The molecule has 5 aromatic rings. The first kappa shape index (κ1) is 33.1. The highest BCUT2D eigenvalue weighted by molar-refractivity contribution is 8.00. The van der Waals surface area contributed by atoms with Gasteiger partial charge in [-0.1, -0.05) is 90.5 Å². The Morgan fingerprint density at radius 1 is 0.766 bits per heavy atom. The smallest absolute Gasteiger partial charge is 0.272 e. The lowest BCUT2D eigenvalue weighted by atomic mass is 10.1. The van der Waals surface area contributed by atoms with Crippen LogP contribution in [0, 0.1) is 0 Å². The second-order valence-electron chi connectivity index (χ2n) is 10.2. The predicted octanol–water partition coefficient (Wildman–Crippen LogP) is 8.62. The SMILES string of the molecule is CCOc1ccccc1/C=C(/NC(=O)c1ccccc1)C(=O)Nc1cccc(SC(C(=O)Nc2cccc(Cl)c2)c2ccccc2)c1. The molecule has 9 heteroatoms. The number of amides is 3. The van der Waals surface area contributed by atoms with Crippen LogP contribution < -0.4 is 20.7 Å². The number of rotatable bonds is 12. The number of hydrogen-bond donors (Lipinski definition) is 3. The summed E-state index contributed by atoms with van der Waals surface area (Å²) < 4.78 is 5.75. The number of para-hydroxylation sites is 1. The lowest BCUT2D eigenvalue weighted by Gasteiger charge is -2.18. The van der Waals surface area contributed by atoms with Crippen molar-refractivity contribution in [3.05, 3.63) is 161 Å². The maximum atomic E-state index is 13.7. The van der Waals surface area contributed by atoms with Gasteiger partial charge in [-0.3, -0.25) is 14.4 Å². The molecule has 47 heavy (non-hydrogen) atoms. The van der Waals surface area contributed by atoms with Crippen molar-refractivity contribution in [2.24, 2.45) is 0 Å². The van der Waals surface area contributed by atoms with Gasteiger partial charge in [0.1, 0.15) is 16.7 Å². The van der Waals surface area contributed by atoms with Gasteiger partial charge in [0.25, 0.3) is 11.8 Å². The van der Waals surface area contributed by atoms with Gasteiger partial charge in [0.2, 0.25) is 5.91 Å². The molecule has 0 aromatic heterocycles. The first-order valence-electron chi connectivity index (χ1n) is 14.9. The average molecular weight is 662 g/mol. The summed E-state index contributed by atoms with van der Waals surface area (Å²) in [6, 6.07) is 39.6. The highest BCUT2D eigenvalue weighted by atomic mass is 35.5. The van der Waals surface area contributed by atoms with Crippen molar-refractivity contribution in [3.8, 4) is 5.75 Å². The number of halogens is 1. The van der Waals surface area contributed by atoms with E-state index in [9.17, 15) is 14.4 Å². The van der Waals surface area contributed by atoms with Crippen LogP contribution in [0.15, 0.2) is 144 Å². The molecule has 3 N–H and O–H groups in total. The fourth-order valence-electron chi connectivity index (χ4n) is 4.64. The van der Waals surface area contributed by atoms with E-state index in [2.05, 4.69) is 16.0 Å². The molecule has 1 unspecified atom stereocenters. The number of anilines is 2. The topological polar surface area (TPSA) is 96.5 Å². The highest BCUT2D eigenvalue weighted by Crippen LogP contribution is 2.37. The third-order valence-electron chi connectivity index (χ3n) is 6.83. The molecular weight excluding hydrogens is 630 g/mol. The van der Waals surface area contributed by atoms with Crippen molar-refractivity contribution in [1.82, 2.24) is 5.32 Å². The fourth-order valence-corrected chi connectivity index (χ4v) is 5.91. The summed E-state index contributed by atoms with van der Waals surface area (Å²) in [5.41, 5.74) is 2.97. The zero-order valence-electron chi connectivity index (χ0n) is 25.5. The van der Waals surface area contributed by atoms with Crippen molar-refractivity contribution in [1.29, 1.82) is 0 Å². The van der Waals surface area contributed by atoms with Crippen molar-refractivity contribution < 1.29 is 19.1 Å². The molecule has 0 spiro atoms. The van der Waals surface area contributed by atoms with Crippen molar-refractivity contribution in [2.75, 3.05) is 17.2 Å². The van der Waals surface area contributed by atoms with E-state index in [4.69, 9.17) is 16.3 Å². The lowest BCUT2D eigenvalue weighted by molar-refractivity contribution is -0.116. The Balaban J connectivity index is 1.40. The zero-order valence-corrected chi connectivity index (χ0v) is 27.1. The summed E-state index contributed by atoms with van der Waals surface area (Å²) in [6.07, 6.45) is 1.59. The van der Waals surface area contributed by atoms with Gasteiger partial charge in [0.15, 0.2) is 0 Å². The van der Waals surface area contributed by atoms with Crippen LogP contribution in [0.4, 0.5) is 11.4 Å². The summed E-state index contributed by atoms with van der Waals surface area (Å²) in [5, 5.41) is 8.55. The third kappa shape index (κ3) is 9.36. The number of carbonyl (C=O) groups excluding carboxylic acids is 3. The molecule has 0 aliphatic carbocycles. The van der Waals surface area contributed by atoms with Crippen LogP contribution in [0.3, 0.4) is 0 Å². The van der Waals surface area contributed by atoms with E-state index in [0.717, 1.165) is 10.5 Å². The predicted molar refractivity (Wildman–Crippen MR) is 190 cm³/mol. The van der Waals surface area contributed by atoms with Crippen molar-refractivity contribution in [3.63, 3.8) is 0 Å². The van der Waals surface area contributed by atoms with Crippen LogP contribution in [0.1, 0.15) is 33.7 Å². The number of nitrogens with one attached hydrogen (secondary N) is 3. The van der Waals surface area contributed by atoms with E-state index in [1.807, 2.05) is 67.6 Å². The number of carbonyl (C=O) groups is 3. The molecule has 0 saturated carbocycles. The summed E-state index contributed by atoms with van der Waals surface area (Å²) >= 11 is 7.48. The molecule has 0 aliphatic rings. The monoisotopic (exact) mass is 661 g/mol. The van der Waals surface area contributed by atoms with Crippen molar-refractivity contribution >= 4 is 58.5 Å². The van der Waals surface area contributed by atoms with E-state index in [1.54, 1.807) is 78.9 Å². The first-order chi connectivity index (χ1) is 22.9. The van der Waals surface area contributed by atoms with E-state index < -0.39 is 17.1 Å². The van der Waals surface area contributed by atoms with E-state index in [-0.39, 0.29) is 11.6 Å². The van der Waals surface area contributed by atoms with Crippen molar-refractivity contribution in [2.45, 2.75) is 17.1 Å². The normalized spacial score (nSPS) is 11.7. The maximum Gasteiger partial charge on any atom is 0.272 e. The summed E-state index contributed by atoms with van der Waals surface area (Å²) in [5.74, 6) is -0.599. The molecule has 0 fully saturated rings. The fraction of sp³-hybridized carbons (Fsp3) is 0.0789. The standard InChI is InChI=1S/C38H32ClN3O4S/c1-2-46-34-22-10-9-17-28(34)23-33(42-36(43)27-15-7-4-8-16-27)37(44)40-31-20-12-21-32(25-31)47-35(26-13-5-3-6-14-26)38(45)41-30-19-11-18-29(39)24-30/h3-25,35H,2H2,1H3,(H,40,44)(H,41,45)(H,42,43)/b33-23+. The van der Waals surface area contributed by atoms with Gasteiger partial charge in [0, 0.05) is 32.4 Å². The molecule has 0 bridgehead atoms. The largest absolute Gasteiger partial charge is 0.493 e. The van der Waals surface area contributed by atoms with Crippen LogP contribution in [0.2, 0.25) is 5.02 Å². The second kappa shape index (κ2) is 16.3. The molecule has 7 nitrogen and oxygen atoms in total. The Bertz CT molecular complexity index is 1880. The Labute approximate surface area is 283 Å². The van der Waals surface area contributed by atoms with Gasteiger partial charge in [-0.2, -0.15) is 0 Å². The lowest BCUT2D eigenvalue weighted by Crippen LogP contribution is -2.30. The second-order valence-corrected chi connectivity index (χ2v) is 11.9.